The molecule has 1 saturated heterocycles. The maximum absolute atomic E-state index is 12.2. The van der Waals surface area contributed by atoms with Crippen molar-refractivity contribution in [3.8, 4) is 0 Å². The summed E-state index contributed by atoms with van der Waals surface area (Å²) < 4.78 is 5.30. The predicted octanol–water partition coefficient (Wildman–Crippen LogP) is 1.28. The Kier molecular flexibility index (Phi) is 3.40. The van der Waals surface area contributed by atoms with Gasteiger partial charge < -0.3 is 14.9 Å². The minimum absolute atomic E-state index is 0.148. The second-order valence-electron chi connectivity index (χ2n) is 5.62. The van der Waals surface area contributed by atoms with Crippen molar-refractivity contribution < 1.29 is 19.7 Å². The fraction of sp³-hybridized carbons (Fsp3) is 0.533. The minimum atomic E-state index is -0.875. The zero-order valence-corrected chi connectivity index (χ0v) is 11.2. The zero-order valence-electron chi connectivity index (χ0n) is 11.2. The molecule has 108 valence electrons. The number of aliphatic hydroxyl groups excluding tert-OH is 2. The van der Waals surface area contributed by atoms with Crippen LogP contribution in [0, 0.1) is 0 Å². The van der Waals surface area contributed by atoms with E-state index in [1.54, 1.807) is 0 Å². The lowest BCUT2D eigenvalue weighted by Crippen LogP contribution is -2.58. The van der Waals surface area contributed by atoms with Gasteiger partial charge in [-0.2, -0.15) is 0 Å². The van der Waals surface area contributed by atoms with Crippen LogP contribution in [0.3, 0.4) is 0 Å². The van der Waals surface area contributed by atoms with Crippen molar-refractivity contribution in [1.29, 1.82) is 0 Å². The summed E-state index contributed by atoms with van der Waals surface area (Å²) >= 11 is 0. The van der Waals surface area contributed by atoms with Crippen LogP contribution in [0.5, 0.6) is 0 Å². The minimum Gasteiger partial charge on any atom is -0.445 e. The van der Waals surface area contributed by atoms with E-state index in [0.717, 1.165) is 24.8 Å². The Labute approximate surface area is 117 Å². The van der Waals surface area contributed by atoms with Crippen molar-refractivity contribution in [3.63, 3.8) is 0 Å². The van der Waals surface area contributed by atoms with Crippen LogP contribution in [-0.4, -0.2) is 45.5 Å². The number of benzene rings is 1. The number of likely N-dealkylation sites (tertiary alicyclic amines) is 1. The fourth-order valence-electron chi connectivity index (χ4n) is 3.14. The Hall–Kier alpha value is -1.59. The smallest absolute Gasteiger partial charge is 0.410 e. The second-order valence-corrected chi connectivity index (χ2v) is 5.62. The van der Waals surface area contributed by atoms with Crippen LogP contribution in [0.1, 0.15) is 24.8 Å². The van der Waals surface area contributed by atoms with E-state index < -0.39 is 23.8 Å². The monoisotopic (exact) mass is 277 g/mol. The second kappa shape index (κ2) is 5.07. The van der Waals surface area contributed by atoms with Crippen molar-refractivity contribution in [2.75, 3.05) is 6.54 Å². The highest BCUT2D eigenvalue weighted by atomic mass is 16.6. The predicted molar refractivity (Wildman–Crippen MR) is 71.9 cm³/mol. The van der Waals surface area contributed by atoms with Gasteiger partial charge in [-0.1, -0.05) is 30.3 Å². The molecular formula is C15H19NO4. The van der Waals surface area contributed by atoms with Crippen LogP contribution in [-0.2, 0) is 11.3 Å². The van der Waals surface area contributed by atoms with Gasteiger partial charge in [0, 0.05) is 0 Å². The number of ether oxygens (including phenoxy) is 1. The molecule has 1 aliphatic carbocycles. The molecule has 0 bridgehead atoms. The van der Waals surface area contributed by atoms with Crippen LogP contribution in [0.25, 0.3) is 0 Å². The number of hydrogen-bond donors (Lipinski definition) is 2. The van der Waals surface area contributed by atoms with Crippen LogP contribution < -0.4 is 0 Å². The molecule has 5 heteroatoms. The van der Waals surface area contributed by atoms with E-state index in [9.17, 15) is 15.0 Å². The number of carbonyl (C=O) groups is 1. The van der Waals surface area contributed by atoms with Gasteiger partial charge in [-0.25, -0.2) is 4.79 Å². The summed E-state index contributed by atoms with van der Waals surface area (Å²) in [5.41, 5.74) is 0.316. The molecule has 20 heavy (non-hydrogen) atoms. The number of hydrogen-bond acceptors (Lipinski definition) is 4. The Bertz CT molecular complexity index is 486. The Balaban J connectivity index is 1.65. The topological polar surface area (TPSA) is 70.0 Å². The van der Waals surface area contributed by atoms with Gasteiger partial charge in [0.15, 0.2) is 0 Å². The molecule has 0 aromatic heterocycles. The first kappa shape index (κ1) is 13.4. The largest absolute Gasteiger partial charge is 0.445 e. The first-order valence-corrected chi connectivity index (χ1v) is 6.98. The molecule has 1 amide bonds. The van der Waals surface area contributed by atoms with Crippen molar-refractivity contribution >= 4 is 6.09 Å². The van der Waals surface area contributed by atoms with Gasteiger partial charge in [0.2, 0.25) is 0 Å². The molecule has 0 radical (unpaired) electrons. The molecule has 1 aliphatic heterocycles. The highest BCUT2D eigenvalue weighted by Crippen LogP contribution is 2.46. The van der Waals surface area contributed by atoms with E-state index in [2.05, 4.69) is 0 Å². The number of nitrogens with zero attached hydrogens (tertiary/aromatic N) is 1. The number of carbonyl (C=O) groups excluding carboxylic acids is 1. The van der Waals surface area contributed by atoms with Crippen LogP contribution in [0.15, 0.2) is 30.3 Å². The number of amides is 1. The summed E-state index contributed by atoms with van der Waals surface area (Å²) in [6, 6.07) is 9.46. The van der Waals surface area contributed by atoms with Crippen molar-refractivity contribution in [2.45, 2.75) is 43.6 Å². The highest BCUT2D eigenvalue weighted by Gasteiger charge is 2.58. The summed E-state index contributed by atoms with van der Waals surface area (Å²) in [4.78, 5) is 13.7. The third kappa shape index (κ3) is 2.07. The average Bonchev–Trinajstić information content (AvgIpc) is 2.70. The summed E-state index contributed by atoms with van der Waals surface area (Å²) in [6.45, 7) is 0.354. The summed E-state index contributed by atoms with van der Waals surface area (Å²) in [7, 11) is 0. The van der Waals surface area contributed by atoms with E-state index in [0.29, 0.717) is 0 Å². The summed E-state index contributed by atoms with van der Waals surface area (Å²) in [5.74, 6) is 0. The van der Waals surface area contributed by atoms with Gasteiger partial charge in [0.25, 0.3) is 0 Å². The first-order valence-electron chi connectivity index (χ1n) is 6.98. The van der Waals surface area contributed by atoms with Gasteiger partial charge >= 0.3 is 6.09 Å². The van der Waals surface area contributed by atoms with Crippen molar-refractivity contribution in [1.82, 2.24) is 4.90 Å². The van der Waals surface area contributed by atoms with E-state index in [1.165, 1.54) is 4.90 Å². The Morgan fingerprint density at radius 2 is 2.00 bits per heavy atom. The molecule has 0 unspecified atom stereocenters. The normalized spacial score (nSPS) is 27.4. The molecule has 1 saturated carbocycles. The lowest BCUT2D eigenvalue weighted by atomic mass is 9.73. The fourth-order valence-corrected chi connectivity index (χ4v) is 3.14. The van der Waals surface area contributed by atoms with E-state index in [-0.39, 0.29) is 13.2 Å². The van der Waals surface area contributed by atoms with Gasteiger partial charge in [-0.15, -0.1) is 0 Å². The van der Waals surface area contributed by atoms with E-state index >= 15 is 0 Å². The Morgan fingerprint density at radius 3 is 2.60 bits per heavy atom. The molecule has 1 spiro atoms. The average molecular weight is 277 g/mol. The van der Waals surface area contributed by atoms with Gasteiger partial charge in [-0.3, -0.25) is 4.90 Å². The summed E-state index contributed by atoms with van der Waals surface area (Å²) in [6.07, 6.45) is 0.230. The highest BCUT2D eigenvalue weighted by molar-refractivity contribution is 5.70. The lowest BCUT2D eigenvalue weighted by molar-refractivity contribution is -0.0497. The molecular weight excluding hydrogens is 258 g/mol. The van der Waals surface area contributed by atoms with E-state index in [1.807, 2.05) is 30.3 Å². The number of aliphatic hydroxyl groups is 2. The van der Waals surface area contributed by atoms with Crippen LogP contribution in [0.2, 0.25) is 0 Å². The molecule has 2 fully saturated rings. The summed E-state index contributed by atoms with van der Waals surface area (Å²) in [5, 5.41) is 19.9. The molecule has 1 heterocycles. The maximum Gasteiger partial charge on any atom is 0.410 e. The maximum atomic E-state index is 12.2. The molecule has 2 aliphatic rings. The third-order valence-corrected chi connectivity index (χ3v) is 4.47. The van der Waals surface area contributed by atoms with Crippen molar-refractivity contribution in [3.05, 3.63) is 35.9 Å². The molecule has 2 N–H and O–H groups in total. The quantitative estimate of drug-likeness (QED) is 0.854. The number of rotatable bonds is 2. The van der Waals surface area contributed by atoms with Gasteiger partial charge in [-0.05, 0) is 24.8 Å². The number of β-amino-alcohol motifs (C(OH)–C–C–N with tert-alkyl or cyclic N) is 1. The lowest BCUT2D eigenvalue weighted by Gasteiger charge is -2.46. The molecule has 1 aromatic rings. The van der Waals surface area contributed by atoms with Gasteiger partial charge in [0.1, 0.15) is 12.7 Å². The standard InChI is InChI=1S/C15H19NO4/c17-12-9-16(15(13(12)18)7-4-8-15)14(19)20-10-11-5-2-1-3-6-11/h1-3,5-6,12-13,17-18H,4,7-10H2/t12-,13-/m1/s1. The van der Waals surface area contributed by atoms with Crippen molar-refractivity contribution in [2.24, 2.45) is 0 Å². The van der Waals surface area contributed by atoms with Gasteiger partial charge in [0.05, 0.1) is 18.2 Å². The molecule has 5 nitrogen and oxygen atoms in total. The molecule has 1 aromatic carbocycles. The molecule has 3 rings (SSSR count). The molecule has 2 atom stereocenters. The van der Waals surface area contributed by atoms with E-state index in [4.69, 9.17) is 4.74 Å². The first-order chi connectivity index (χ1) is 9.63. The van der Waals surface area contributed by atoms with Crippen LogP contribution >= 0.6 is 0 Å². The van der Waals surface area contributed by atoms with Crippen LogP contribution in [0.4, 0.5) is 4.79 Å². The third-order valence-electron chi connectivity index (χ3n) is 4.47. The zero-order chi connectivity index (χ0) is 14.2. The Morgan fingerprint density at radius 1 is 1.30 bits per heavy atom. The SMILES string of the molecule is O=C(OCc1ccccc1)N1C[C@@H](O)[C@@H](O)C12CCC2.